The number of unbranched alkanes of at least 4 members (excludes halogenated alkanes) is 2. The van der Waals surface area contributed by atoms with Crippen LogP contribution in [0.5, 0.6) is 0 Å². The van der Waals surface area contributed by atoms with Crippen molar-refractivity contribution < 1.29 is 4.79 Å². The Morgan fingerprint density at radius 1 is 1.50 bits per heavy atom. The van der Waals surface area contributed by atoms with E-state index in [-0.39, 0.29) is 5.78 Å². The summed E-state index contributed by atoms with van der Waals surface area (Å²) in [5.74, 6) is 0.696. The molecule has 0 aromatic carbocycles. The van der Waals surface area contributed by atoms with Crippen molar-refractivity contribution in [3.8, 4) is 0 Å². The van der Waals surface area contributed by atoms with Crippen LogP contribution in [-0.2, 0) is 4.79 Å². The molecule has 0 amide bonds. The highest BCUT2D eigenvalue weighted by atomic mass is 16.1. The molecule has 0 spiro atoms. The lowest BCUT2D eigenvalue weighted by atomic mass is 10.0. The average Bonchev–Trinajstić information content (AvgIpc) is 1.97. The molecule has 0 aliphatic rings. The zero-order chi connectivity index (χ0) is 9.40. The molecule has 0 radical (unpaired) electrons. The van der Waals surface area contributed by atoms with Gasteiger partial charge in [0.1, 0.15) is 5.78 Å². The molecule has 1 heteroatoms. The Kier molecular flexibility index (Phi) is 6.73. The third kappa shape index (κ3) is 7.52. The van der Waals surface area contributed by atoms with Gasteiger partial charge in [-0.15, -0.1) is 0 Å². The molecular formula is C11H20O. The van der Waals surface area contributed by atoms with Crippen LogP contribution >= 0.6 is 0 Å². The molecule has 1 nitrogen and oxygen atoms in total. The van der Waals surface area contributed by atoms with Gasteiger partial charge in [-0.1, -0.05) is 38.8 Å². The lowest BCUT2D eigenvalue weighted by Gasteiger charge is -2.01. The molecule has 0 saturated carbocycles. The molecule has 0 heterocycles. The Morgan fingerprint density at radius 2 is 2.17 bits per heavy atom. The van der Waals surface area contributed by atoms with E-state index in [1.807, 2.05) is 0 Å². The molecule has 0 bridgehead atoms. The Balaban J connectivity index is 3.46. The van der Waals surface area contributed by atoms with Gasteiger partial charge in [0.15, 0.2) is 0 Å². The monoisotopic (exact) mass is 168 g/mol. The second-order valence-corrected chi connectivity index (χ2v) is 3.45. The first-order valence-corrected chi connectivity index (χ1v) is 4.83. The number of hydrogen-bond acceptors (Lipinski definition) is 1. The molecule has 0 aliphatic heterocycles. The van der Waals surface area contributed by atoms with Crippen LogP contribution < -0.4 is 0 Å². The minimum atomic E-state index is 0.280. The van der Waals surface area contributed by atoms with E-state index < -0.39 is 0 Å². The number of Topliss-reactive ketones (excluding diaryl/α,β-unsaturated/α-hetero) is 1. The predicted molar refractivity (Wildman–Crippen MR) is 53.1 cm³/mol. The normalized spacial score (nSPS) is 13.6. The standard InChI is InChI=1S/C11H20O/c1-4-5-6-7-8-10(2)9-11(3)12/h7-8,10H,4-6,9H2,1-3H3/b8-7+. The van der Waals surface area contributed by atoms with Crippen molar-refractivity contribution >= 4 is 5.78 Å². The lowest BCUT2D eigenvalue weighted by molar-refractivity contribution is -0.117. The van der Waals surface area contributed by atoms with Crippen molar-refractivity contribution in [2.24, 2.45) is 5.92 Å². The molecule has 0 N–H and O–H groups in total. The van der Waals surface area contributed by atoms with Gasteiger partial charge < -0.3 is 4.79 Å². The van der Waals surface area contributed by atoms with Crippen LogP contribution in [0, 0.1) is 5.92 Å². The van der Waals surface area contributed by atoms with E-state index in [1.54, 1.807) is 6.92 Å². The maximum atomic E-state index is 10.7. The number of hydrogen-bond donors (Lipinski definition) is 0. The lowest BCUT2D eigenvalue weighted by Crippen LogP contribution is -1.97. The Bertz CT molecular complexity index is 147. The molecule has 0 fully saturated rings. The van der Waals surface area contributed by atoms with Crippen molar-refractivity contribution in [1.82, 2.24) is 0 Å². The van der Waals surface area contributed by atoms with Gasteiger partial charge in [0.25, 0.3) is 0 Å². The van der Waals surface area contributed by atoms with Crippen LogP contribution in [0.4, 0.5) is 0 Å². The molecule has 70 valence electrons. The summed E-state index contributed by atoms with van der Waals surface area (Å²) in [5.41, 5.74) is 0. The van der Waals surface area contributed by atoms with Gasteiger partial charge >= 0.3 is 0 Å². The predicted octanol–water partition coefficient (Wildman–Crippen LogP) is 3.35. The first-order valence-electron chi connectivity index (χ1n) is 4.83. The van der Waals surface area contributed by atoms with Gasteiger partial charge in [0.2, 0.25) is 0 Å². The summed E-state index contributed by atoms with van der Waals surface area (Å²) in [6.07, 6.45) is 8.67. The van der Waals surface area contributed by atoms with Crippen LogP contribution in [-0.4, -0.2) is 5.78 Å². The summed E-state index contributed by atoms with van der Waals surface area (Å²) < 4.78 is 0. The molecule has 1 unspecified atom stereocenters. The van der Waals surface area contributed by atoms with Crippen molar-refractivity contribution in [3.63, 3.8) is 0 Å². The topological polar surface area (TPSA) is 17.1 Å². The second-order valence-electron chi connectivity index (χ2n) is 3.45. The largest absolute Gasteiger partial charge is 0.300 e. The minimum Gasteiger partial charge on any atom is -0.300 e. The fourth-order valence-corrected chi connectivity index (χ4v) is 1.17. The zero-order valence-corrected chi connectivity index (χ0v) is 8.47. The maximum Gasteiger partial charge on any atom is 0.130 e. The first kappa shape index (κ1) is 11.4. The maximum absolute atomic E-state index is 10.7. The molecule has 0 aliphatic carbocycles. The second kappa shape index (κ2) is 7.08. The van der Waals surface area contributed by atoms with Crippen LogP contribution in [0.1, 0.15) is 46.5 Å². The van der Waals surface area contributed by atoms with Gasteiger partial charge in [0.05, 0.1) is 0 Å². The highest BCUT2D eigenvalue weighted by Crippen LogP contribution is 2.05. The summed E-state index contributed by atoms with van der Waals surface area (Å²) >= 11 is 0. The third-order valence-corrected chi connectivity index (χ3v) is 1.80. The highest BCUT2D eigenvalue weighted by Gasteiger charge is 1.99. The number of rotatable bonds is 6. The molecule has 0 rings (SSSR count). The highest BCUT2D eigenvalue weighted by molar-refractivity contribution is 5.75. The van der Waals surface area contributed by atoms with E-state index in [9.17, 15) is 4.79 Å². The van der Waals surface area contributed by atoms with Crippen molar-refractivity contribution in [2.75, 3.05) is 0 Å². The Morgan fingerprint density at radius 3 is 2.67 bits per heavy atom. The number of allylic oxidation sites excluding steroid dienone is 2. The fourth-order valence-electron chi connectivity index (χ4n) is 1.17. The number of carbonyl (C=O) groups is 1. The summed E-state index contributed by atoms with van der Waals surface area (Å²) in [4.78, 5) is 10.7. The summed E-state index contributed by atoms with van der Waals surface area (Å²) in [7, 11) is 0. The van der Waals surface area contributed by atoms with Gasteiger partial charge in [-0.25, -0.2) is 0 Å². The van der Waals surface area contributed by atoms with Crippen LogP contribution in [0.25, 0.3) is 0 Å². The third-order valence-electron chi connectivity index (χ3n) is 1.80. The minimum absolute atomic E-state index is 0.280. The van der Waals surface area contributed by atoms with E-state index >= 15 is 0 Å². The summed E-state index contributed by atoms with van der Waals surface area (Å²) in [6, 6.07) is 0. The molecule has 12 heavy (non-hydrogen) atoms. The molecule has 1 atom stereocenters. The molecule has 0 saturated heterocycles. The number of carbonyl (C=O) groups excluding carboxylic acids is 1. The van der Waals surface area contributed by atoms with Crippen molar-refractivity contribution in [2.45, 2.75) is 46.5 Å². The first-order chi connectivity index (χ1) is 5.66. The van der Waals surface area contributed by atoms with E-state index in [0.29, 0.717) is 12.3 Å². The SMILES string of the molecule is CCCC/C=C/C(C)CC(C)=O. The van der Waals surface area contributed by atoms with Crippen LogP contribution in [0.2, 0.25) is 0 Å². The Labute approximate surface area is 75.9 Å². The average molecular weight is 168 g/mol. The van der Waals surface area contributed by atoms with E-state index in [0.717, 1.165) is 6.42 Å². The fraction of sp³-hybridized carbons (Fsp3) is 0.727. The van der Waals surface area contributed by atoms with Gasteiger partial charge in [-0.05, 0) is 19.3 Å². The Hall–Kier alpha value is -0.590. The van der Waals surface area contributed by atoms with Crippen molar-refractivity contribution in [1.29, 1.82) is 0 Å². The molecule has 0 aromatic rings. The molecular weight excluding hydrogens is 148 g/mol. The quantitative estimate of drug-likeness (QED) is 0.439. The van der Waals surface area contributed by atoms with E-state index in [2.05, 4.69) is 26.0 Å². The van der Waals surface area contributed by atoms with E-state index in [4.69, 9.17) is 0 Å². The van der Waals surface area contributed by atoms with Gasteiger partial charge in [-0.2, -0.15) is 0 Å². The smallest absolute Gasteiger partial charge is 0.130 e. The van der Waals surface area contributed by atoms with E-state index in [1.165, 1.54) is 12.8 Å². The van der Waals surface area contributed by atoms with Gasteiger partial charge in [0, 0.05) is 6.42 Å². The van der Waals surface area contributed by atoms with Crippen molar-refractivity contribution in [3.05, 3.63) is 12.2 Å². The van der Waals surface area contributed by atoms with Gasteiger partial charge in [-0.3, -0.25) is 0 Å². The summed E-state index contributed by atoms with van der Waals surface area (Å²) in [5, 5.41) is 0. The summed E-state index contributed by atoms with van der Waals surface area (Å²) in [6.45, 7) is 5.92. The van der Waals surface area contributed by atoms with Crippen LogP contribution in [0.15, 0.2) is 12.2 Å². The number of ketones is 1. The molecule has 0 aromatic heterocycles. The van der Waals surface area contributed by atoms with Crippen LogP contribution in [0.3, 0.4) is 0 Å². The zero-order valence-electron chi connectivity index (χ0n) is 8.47.